The predicted molar refractivity (Wildman–Crippen MR) is 73.7 cm³/mol. The first kappa shape index (κ1) is 14.5. The summed E-state index contributed by atoms with van der Waals surface area (Å²) in [5.41, 5.74) is 0.147. The third-order valence-electron chi connectivity index (χ3n) is 2.92. The van der Waals surface area contributed by atoms with Crippen molar-refractivity contribution in [3.8, 4) is 0 Å². The minimum atomic E-state index is -0.477. The maximum absolute atomic E-state index is 13.4. The highest BCUT2D eigenvalue weighted by Crippen LogP contribution is 2.18. The van der Waals surface area contributed by atoms with Crippen molar-refractivity contribution >= 4 is 17.5 Å². The van der Waals surface area contributed by atoms with Crippen LogP contribution < -0.4 is 10.6 Å². The van der Waals surface area contributed by atoms with Gasteiger partial charge in [0.1, 0.15) is 5.82 Å². The molecule has 1 aromatic carbocycles. The molecule has 0 spiro atoms. The van der Waals surface area contributed by atoms with E-state index in [4.69, 9.17) is 0 Å². The molecule has 5 nitrogen and oxygen atoms in total. The number of carbonyl (C=O) groups is 2. The smallest absolute Gasteiger partial charge is 0.238 e. The Kier molecular flexibility index (Phi) is 4.68. The van der Waals surface area contributed by atoms with Crippen molar-refractivity contribution in [2.45, 2.75) is 18.9 Å². The first-order chi connectivity index (χ1) is 9.54. The van der Waals surface area contributed by atoms with Crippen LogP contribution in [0.25, 0.3) is 0 Å². The molecule has 108 valence electrons. The zero-order chi connectivity index (χ0) is 14.5. The van der Waals surface area contributed by atoms with E-state index >= 15 is 0 Å². The Labute approximate surface area is 117 Å². The lowest BCUT2D eigenvalue weighted by Gasteiger charge is -2.16. The van der Waals surface area contributed by atoms with Gasteiger partial charge in [0, 0.05) is 6.04 Å². The first-order valence-electron chi connectivity index (χ1n) is 6.57. The Morgan fingerprint density at radius 2 is 1.90 bits per heavy atom. The number of para-hydroxylation sites is 1. The molecule has 6 heteroatoms. The van der Waals surface area contributed by atoms with Crippen molar-refractivity contribution in [2.24, 2.45) is 0 Å². The highest BCUT2D eigenvalue weighted by molar-refractivity contribution is 5.92. The van der Waals surface area contributed by atoms with E-state index in [2.05, 4.69) is 10.6 Å². The van der Waals surface area contributed by atoms with E-state index in [0.29, 0.717) is 6.04 Å². The molecule has 1 aliphatic carbocycles. The number of nitrogens with zero attached hydrogens (tertiary/aromatic N) is 1. The molecule has 20 heavy (non-hydrogen) atoms. The van der Waals surface area contributed by atoms with Crippen LogP contribution in [-0.4, -0.2) is 42.9 Å². The molecule has 0 saturated heterocycles. The van der Waals surface area contributed by atoms with Gasteiger partial charge < -0.3 is 10.6 Å². The Morgan fingerprint density at radius 1 is 1.25 bits per heavy atom. The summed E-state index contributed by atoms with van der Waals surface area (Å²) in [6, 6.07) is 6.28. The summed E-state index contributed by atoms with van der Waals surface area (Å²) in [6.07, 6.45) is 2.06. The Balaban J connectivity index is 1.75. The number of benzene rings is 1. The van der Waals surface area contributed by atoms with Gasteiger partial charge in [0.15, 0.2) is 0 Å². The molecule has 0 aliphatic heterocycles. The van der Waals surface area contributed by atoms with Crippen molar-refractivity contribution in [1.29, 1.82) is 0 Å². The number of nitrogens with one attached hydrogen (secondary N) is 2. The van der Waals surface area contributed by atoms with Crippen molar-refractivity contribution in [3.05, 3.63) is 30.1 Å². The van der Waals surface area contributed by atoms with Crippen LogP contribution in [-0.2, 0) is 9.59 Å². The monoisotopic (exact) mass is 279 g/mol. The fourth-order valence-electron chi connectivity index (χ4n) is 1.80. The van der Waals surface area contributed by atoms with Gasteiger partial charge in [-0.3, -0.25) is 14.5 Å². The third kappa shape index (κ3) is 4.62. The van der Waals surface area contributed by atoms with Crippen LogP contribution >= 0.6 is 0 Å². The van der Waals surface area contributed by atoms with E-state index in [-0.39, 0.29) is 30.6 Å². The standard InChI is InChI=1S/C14H18FN3O2/c1-18(8-13(19)16-10-6-7-10)9-14(20)17-12-5-3-2-4-11(12)15/h2-5,10H,6-9H2,1H3,(H,16,19)(H,17,20). The second kappa shape index (κ2) is 6.47. The number of halogens is 1. The lowest BCUT2D eigenvalue weighted by molar-refractivity contribution is -0.123. The lowest BCUT2D eigenvalue weighted by atomic mass is 10.3. The number of hydrogen-bond acceptors (Lipinski definition) is 3. The Hall–Kier alpha value is -1.95. The number of rotatable bonds is 6. The van der Waals surface area contributed by atoms with Crippen LogP contribution in [0.1, 0.15) is 12.8 Å². The summed E-state index contributed by atoms with van der Waals surface area (Å²) in [5, 5.41) is 5.32. The van der Waals surface area contributed by atoms with Gasteiger partial charge in [-0.2, -0.15) is 0 Å². The molecule has 2 rings (SSSR count). The molecule has 2 amide bonds. The quantitative estimate of drug-likeness (QED) is 0.816. The minimum absolute atomic E-state index is 0.0341. The molecular formula is C14H18FN3O2. The summed E-state index contributed by atoms with van der Waals surface area (Å²) in [7, 11) is 1.67. The summed E-state index contributed by atoms with van der Waals surface area (Å²) in [5.74, 6) is -0.916. The van der Waals surface area contributed by atoms with E-state index in [0.717, 1.165) is 12.8 Å². The summed E-state index contributed by atoms with van der Waals surface area (Å²) in [4.78, 5) is 24.9. The molecule has 0 radical (unpaired) electrons. The molecule has 2 N–H and O–H groups in total. The van der Waals surface area contributed by atoms with Gasteiger partial charge in [0.05, 0.1) is 18.8 Å². The van der Waals surface area contributed by atoms with Gasteiger partial charge in [0.25, 0.3) is 0 Å². The normalized spacial score (nSPS) is 14.2. The van der Waals surface area contributed by atoms with Gasteiger partial charge in [-0.1, -0.05) is 12.1 Å². The van der Waals surface area contributed by atoms with Crippen LogP contribution in [0.15, 0.2) is 24.3 Å². The Morgan fingerprint density at radius 3 is 2.55 bits per heavy atom. The molecular weight excluding hydrogens is 261 g/mol. The second-order valence-electron chi connectivity index (χ2n) is 5.04. The number of likely N-dealkylation sites (N-methyl/N-ethyl adjacent to an activating group) is 1. The van der Waals surface area contributed by atoms with Crippen LogP contribution in [0.2, 0.25) is 0 Å². The number of carbonyl (C=O) groups excluding carboxylic acids is 2. The summed E-state index contributed by atoms with van der Waals surface area (Å²) >= 11 is 0. The van der Waals surface area contributed by atoms with Gasteiger partial charge in [-0.05, 0) is 32.0 Å². The van der Waals surface area contributed by atoms with Crippen molar-refractivity contribution in [2.75, 3.05) is 25.5 Å². The molecule has 0 unspecified atom stereocenters. The fraction of sp³-hybridized carbons (Fsp3) is 0.429. The minimum Gasteiger partial charge on any atom is -0.352 e. The van der Waals surface area contributed by atoms with E-state index in [9.17, 15) is 14.0 Å². The summed E-state index contributed by atoms with van der Waals surface area (Å²) in [6.45, 7) is 0.188. The highest BCUT2D eigenvalue weighted by atomic mass is 19.1. The van der Waals surface area contributed by atoms with Crippen molar-refractivity contribution < 1.29 is 14.0 Å². The number of amides is 2. The molecule has 1 fully saturated rings. The topological polar surface area (TPSA) is 61.4 Å². The van der Waals surface area contributed by atoms with Crippen LogP contribution in [0.4, 0.5) is 10.1 Å². The van der Waals surface area contributed by atoms with Crippen LogP contribution in [0, 0.1) is 5.82 Å². The molecule has 0 atom stereocenters. The number of anilines is 1. The largest absolute Gasteiger partial charge is 0.352 e. The second-order valence-corrected chi connectivity index (χ2v) is 5.04. The maximum atomic E-state index is 13.4. The Bertz CT molecular complexity index is 503. The third-order valence-corrected chi connectivity index (χ3v) is 2.92. The molecule has 1 aliphatic rings. The van der Waals surface area contributed by atoms with Gasteiger partial charge in [-0.25, -0.2) is 4.39 Å². The van der Waals surface area contributed by atoms with E-state index in [1.807, 2.05) is 0 Å². The van der Waals surface area contributed by atoms with Gasteiger partial charge >= 0.3 is 0 Å². The average Bonchev–Trinajstić information content (AvgIpc) is 3.15. The average molecular weight is 279 g/mol. The van der Waals surface area contributed by atoms with E-state index < -0.39 is 5.82 Å². The molecule has 0 heterocycles. The van der Waals surface area contributed by atoms with Crippen molar-refractivity contribution in [1.82, 2.24) is 10.2 Å². The number of hydrogen-bond donors (Lipinski definition) is 2. The lowest BCUT2D eigenvalue weighted by Crippen LogP contribution is -2.39. The molecule has 0 bridgehead atoms. The predicted octanol–water partition coefficient (Wildman–Crippen LogP) is 0.975. The van der Waals surface area contributed by atoms with Crippen LogP contribution in [0.3, 0.4) is 0 Å². The molecule has 0 aromatic heterocycles. The maximum Gasteiger partial charge on any atom is 0.238 e. The fourth-order valence-corrected chi connectivity index (χ4v) is 1.80. The van der Waals surface area contributed by atoms with Crippen molar-refractivity contribution in [3.63, 3.8) is 0 Å². The van der Waals surface area contributed by atoms with E-state index in [1.165, 1.54) is 12.1 Å². The molecule has 1 saturated carbocycles. The zero-order valence-corrected chi connectivity index (χ0v) is 11.4. The van der Waals surface area contributed by atoms with E-state index in [1.54, 1.807) is 24.1 Å². The molecule has 1 aromatic rings. The zero-order valence-electron chi connectivity index (χ0n) is 11.4. The first-order valence-corrected chi connectivity index (χ1v) is 6.57. The van der Waals surface area contributed by atoms with Crippen LogP contribution in [0.5, 0.6) is 0 Å². The summed E-state index contributed by atoms with van der Waals surface area (Å²) < 4.78 is 13.4. The van der Waals surface area contributed by atoms with Gasteiger partial charge in [0.2, 0.25) is 11.8 Å². The SMILES string of the molecule is CN(CC(=O)Nc1ccccc1F)CC(=O)NC1CC1. The van der Waals surface area contributed by atoms with Gasteiger partial charge in [-0.15, -0.1) is 0 Å². The highest BCUT2D eigenvalue weighted by Gasteiger charge is 2.23.